The van der Waals surface area contributed by atoms with Crippen LogP contribution in [0.15, 0.2) is 34.1 Å². The first-order valence-electron chi connectivity index (χ1n) is 16.8. The molecule has 0 aromatic heterocycles. The number of hydrogen-bond acceptors (Lipinski definition) is 4. The van der Waals surface area contributed by atoms with Gasteiger partial charge in [0.05, 0.1) is 6.10 Å². The second-order valence-electron chi connectivity index (χ2n) is 14.5. The maximum absolute atomic E-state index is 13.8. The van der Waals surface area contributed by atoms with Crippen molar-refractivity contribution in [3.05, 3.63) is 34.1 Å². The SMILES string of the molecule is COC(C)[C@H]1CC2=C(CCN(C3CCN(C[C@H]4CC(C)=C(C5=CC[C@H](F)CC5)[C@@H](C5CC5)C4)CC3)C2C)N[C@H]1C. The van der Waals surface area contributed by atoms with Crippen LogP contribution in [-0.2, 0) is 4.74 Å². The van der Waals surface area contributed by atoms with Crippen LogP contribution in [0.3, 0.4) is 0 Å². The Labute approximate surface area is 243 Å². The summed E-state index contributed by atoms with van der Waals surface area (Å²) >= 11 is 0. The fourth-order valence-electron chi connectivity index (χ4n) is 9.41. The summed E-state index contributed by atoms with van der Waals surface area (Å²) in [7, 11) is 1.86. The Balaban J connectivity index is 1.04. The zero-order chi connectivity index (χ0) is 28.0. The summed E-state index contributed by atoms with van der Waals surface area (Å²) in [5.41, 5.74) is 8.01. The molecule has 40 heavy (non-hydrogen) atoms. The van der Waals surface area contributed by atoms with E-state index in [0.717, 1.165) is 30.6 Å². The summed E-state index contributed by atoms with van der Waals surface area (Å²) in [5, 5.41) is 3.88. The van der Waals surface area contributed by atoms with Gasteiger partial charge < -0.3 is 15.0 Å². The van der Waals surface area contributed by atoms with E-state index in [2.05, 4.69) is 48.9 Å². The molecule has 5 heteroatoms. The van der Waals surface area contributed by atoms with E-state index < -0.39 is 6.17 Å². The van der Waals surface area contributed by atoms with Crippen molar-refractivity contribution in [1.29, 1.82) is 0 Å². The lowest BCUT2D eigenvalue weighted by atomic mass is 9.70. The van der Waals surface area contributed by atoms with Crippen molar-refractivity contribution in [3.8, 4) is 0 Å². The molecule has 3 aliphatic carbocycles. The van der Waals surface area contributed by atoms with Crippen molar-refractivity contribution in [2.75, 3.05) is 33.3 Å². The quantitative estimate of drug-likeness (QED) is 0.366. The van der Waals surface area contributed by atoms with Gasteiger partial charge in [-0.05, 0) is 146 Å². The van der Waals surface area contributed by atoms with Crippen molar-refractivity contribution in [2.45, 2.75) is 129 Å². The topological polar surface area (TPSA) is 27.7 Å². The Morgan fingerprint density at radius 3 is 2.50 bits per heavy atom. The highest BCUT2D eigenvalue weighted by atomic mass is 19.1. The number of ether oxygens (including phenoxy) is 1. The summed E-state index contributed by atoms with van der Waals surface area (Å²) in [6.07, 6.45) is 14.7. The van der Waals surface area contributed by atoms with Crippen molar-refractivity contribution in [3.63, 3.8) is 0 Å². The van der Waals surface area contributed by atoms with Crippen LogP contribution >= 0.6 is 0 Å². The second-order valence-corrected chi connectivity index (χ2v) is 14.5. The highest BCUT2D eigenvalue weighted by Gasteiger charge is 2.42. The van der Waals surface area contributed by atoms with Crippen molar-refractivity contribution in [2.24, 2.45) is 23.7 Å². The lowest BCUT2D eigenvalue weighted by Gasteiger charge is -2.49. The van der Waals surface area contributed by atoms with Gasteiger partial charge in [-0.2, -0.15) is 0 Å². The number of allylic oxidation sites excluding steroid dienone is 4. The van der Waals surface area contributed by atoms with E-state index in [1.54, 1.807) is 16.7 Å². The molecule has 0 spiro atoms. The molecule has 0 bridgehead atoms. The summed E-state index contributed by atoms with van der Waals surface area (Å²) in [6.45, 7) is 14.4. The fraction of sp³-hybridized carbons (Fsp3) is 0.829. The minimum absolute atomic E-state index is 0.290. The van der Waals surface area contributed by atoms with Crippen molar-refractivity contribution >= 4 is 0 Å². The van der Waals surface area contributed by atoms with Gasteiger partial charge in [-0.1, -0.05) is 11.6 Å². The number of nitrogens with zero attached hydrogens (tertiary/aromatic N) is 2. The third-order valence-corrected chi connectivity index (χ3v) is 11.9. The summed E-state index contributed by atoms with van der Waals surface area (Å²) in [5.74, 6) is 2.98. The number of nitrogens with one attached hydrogen (secondary N) is 1. The molecule has 1 saturated carbocycles. The monoisotopic (exact) mass is 553 g/mol. The molecule has 3 aliphatic heterocycles. The molecular weight excluding hydrogens is 497 g/mol. The van der Waals surface area contributed by atoms with Gasteiger partial charge in [0.25, 0.3) is 0 Å². The molecule has 2 fully saturated rings. The van der Waals surface area contributed by atoms with E-state index in [0.29, 0.717) is 30.5 Å². The molecule has 0 amide bonds. The van der Waals surface area contributed by atoms with Crippen LogP contribution < -0.4 is 5.32 Å². The van der Waals surface area contributed by atoms with E-state index in [1.807, 2.05) is 7.11 Å². The number of alkyl halides is 1. The average Bonchev–Trinajstić information content (AvgIpc) is 3.79. The molecule has 0 aromatic rings. The molecule has 0 radical (unpaired) electrons. The van der Waals surface area contributed by atoms with Gasteiger partial charge in [-0.15, -0.1) is 0 Å². The number of halogens is 1. The maximum Gasteiger partial charge on any atom is 0.104 e. The van der Waals surface area contributed by atoms with Crippen LogP contribution in [0.4, 0.5) is 4.39 Å². The van der Waals surface area contributed by atoms with Crippen molar-refractivity contribution in [1.82, 2.24) is 15.1 Å². The lowest BCUT2D eigenvalue weighted by molar-refractivity contribution is 0.0377. The van der Waals surface area contributed by atoms with Gasteiger partial charge in [0.15, 0.2) is 0 Å². The van der Waals surface area contributed by atoms with E-state index in [-0.39, 0.29) is 6.10 Å². The number of piperidine rings is 1. The molecule has 6 aliphatic rings. The second kappa shape index (κ2) is 12.2. The fourth-order valence-corrected chi connectivity index (χ4v) is 9.41. The van der Waals surface area contributed by atoms with Gasteiger partial charge in [0.2, 0.25) is 0 Å². The zero-order valence-corrected chi connectivity index (χ0v) is 26.1. The van der Waals surface area contributed by atoms with E-state index in [9.17, 15) is 4.39 Å². The highest BCUT2D eigenvalue weighted by molar-refractivity contribution is 5.40. The third-order valence-electron chi connectivity index (χ3n) is 11.9. The largest absolute Gasteiger partial charge is 0.385 e. The smallest absolute Gasteiger partial charge is 0.104 e. The molecule has 224 valence electrons. The summed E-state index contributed by atoms with van der Waals surface area (Å²) in [6, 6.07) is 1.75. The van der Waals surface area contributed by atoms with Crippen LogP contribution in [0.5, 0.6) is 0 Å². The predicted molar refractivity (Wildman–Crippen MR) is 163 cm³/mol. The Bertz CT molecular complexity index is 1010. The molecule has 3 heterocycles. The van der Waals surface area contributed by atoms with Crippen LogP contribution in [0, 0.1) is 23.7 Å². The minimum Gasteiger partial charge on any atom is -0.385 e. The van der Waals surface area contributed by atoms with Gasteiger partial charge in [-0.25, -0.2) is 4.39 Å². The Hall–Kier alpha value is -1.17. The van der Waals surface area contributed by atoms with Crippen LogP contribution in [0.1, 0.15) is 98.3 Å². The first-order chi connectivity index (χ1) is 19.3. The van der Waals surface area contributed by atoms with Gasteiger partial charge >= 0.3 is 0 Å². The molecule has 1 saturated heterocycles. The first kappa shape index (κ1) is 28.9. The van der Waals surface area contributed by atoms with E-state index >= 15 is 0 Å². The predicted octanol–water partition coefficient (Wildman–Crippen LogP) is 7.03. The van der Waals surface area contributed by atoms with Gasteiger partial charge in [0.1, 0.15) is 6.17 Å². The van der Waals surface area contributed by atoms with Crippen LogP contribution in [0.25, 0.3) is 0 Å². The average molecular weight is 554 g/mol. The Morgan fingerprint density at radius 1 is 1.05 bits per heavy atom. The lowest BCUT2D eigenvalue weighted by Crippen LogP contribution is -2.55. The minimum atomic E-state index is -0.616. The standard InChI is InChI=1S/C35H56FN3O/c1-22-18-26(19-33(27-6-7-27)35(22)28-8-10-29(36)11-9-28)21-38-15-12-30(13-16-38)39-17-14-34-32(24(39)3)20-31(23(2)37-34)25(4)40-5/h8,23-27,29-31,33,37H,6-7,9-21H2,1-5H3/t23-,24?,25?,26-,29-,31-,33+/m0/s1. The molecular formula is C35H56FN3O. The molecule has 2 unspecified atom stereocenters. The number of likely N-dealkylation sites (tertiary alicyclic amines) is 1. The molecule has 7 atom stereocenters. The number of hydrogen-bond donors (Lipinski definition) is 1. The number of methoxy groups -OCH3 is 1. The Kier molecular flexibility index (Phi) is 8.83. The van der Waals surface area contributed by atoms with Gasteiger partial charge in [-0.3, -0.25) is 4.90 Å². The molecule has 0 aromatic carbocycles. The van der Waals surface area contributed by atoms with Crippen LogP contribution in [0.2, 0.25) is 0 Å². The number of rotatable bonds is 7. The summed E-state index contributed by atoms with van der Waals surface area (Å²) in [4.78, 5) is 5.65. The maximum atomic E-state index is 13.8. The summed E-state index contributed by atoms with van der Waals surface area (Å²) < 4.78 is 19.6. The molecule has 1 N–H and O–H groups in total. The Morgan fingerprint density at radius 2 is 1.82 bits per heavy atom. The first-order valence-corrected chi connectivity index (χ1v) is 16.8. The normalized spacial score (nSPS) is 37.7. The van der Waals surface area contributed by atoms with E-state index in [4.69, 9.17) is 4.74 Å². The molecule has 6 rings (SSSR count). The van der Waals surface area contributed by atoms with E-state index in [1.165, 1.54) is 88.8 Å². The third kappa shape index (κ3) is 5.99. The molecule has 4 nitrogen and oxygen atoms in total. The highest BCUT2D eigenvalue weighted by Crippen LogP contribution is 2.51. The van der Waals surface area contributed by atoms with Crippen LogP contribution in [-0.4, -0.2) is 73.5 Å². The van der Waals surface area contributed by atoms with Gasteiger partial charge in [0, 0.05) is 49.9 Å². The zero-order valence-electron chi connectivity index (χ0n) is 26.1. The van der Waals surface area contributed by atoms with Crippen molar-refractivity contribution < 1.29 is 9.13 Å².